The van der Waals surface area contributed by atoms with Gasteiger partial charge >= 0.3 is 0 Å². The van der Waals surface area contributed by atoms with Gasteiger partial charge < -0.3 is 4.74 Å². The van der Waals surface area contributed by atoms with Gasteiger partial charge in [-0.15, -0.1) is 0 Å². The Morgan fingerprint density at radius 1 is 1.67 bits per heavy atom. The van der Waals surface area contributed by atoms with E-state index in [1.54, 1.807) is 12.2 Å². The van der Waals surface area contributed by atoms with Gasteiger partial charge in [0, 0.05) is 6.20 Å². The highest BCUT2D eigenvalue weighted by Gasteiger charge is 1.91. The van der Waals surface area contributed by atoms with Crippen molar-refractivity contribution >= 4 is 12.7 Å². The molecule has 1 heterocycles. The van der Waals surface area contributed by atoms with Crippen molar-refractivity contribution in [1.29, 1.82) is 0 Å². The lowest BCUT2D eigenvalue weighted by atomic mass is 10.4. The van der Waals surface area contributed by atoms with Crippen molar-refractivity contribution in [2.45, 2.75) is 0 Å². The minimum Gasteiger partial charge on any atom is -0.442 e. The zero-order valence-corrected chi connectivity index (χ0v) is 4.65. The molecule has 0 amide bonds. The highest BCUT2D eigenvalue weighted by Crippen LogP contribution is 1.94. The molecule has 0 aliphatic carbocycles. The van der Waals surface area contributed by atoms with Crippen molar-refractivity contribution in [1.82, 2.24) is 0 Å². The van der Waals surface area contributed by atoms with Crippen LogP contribution in [-0.2, 0) is 9.53 Å². The van der Waals surface area contributed by atoms with E-state index in [0.717, 1.165) is 0 Å². The van der Waals surface area contributed by atoms with Crippen LogP contribution < -0.4 is 0 Å². The second-order valence-electron chi connectivity index (χ2n) is 1.40. The third-order valence-corrected chi connectivity index (χ3v) is 0.798. The average molecular weight is 123 g/mol. The highest BCUT2D eigenvalue weighted by molar-refractivity contribution is 5.74. The number of allylic oxidation sites excluding steroid dienone is 3. The molecule has 1 rings (SSSR count). The lowest BCUT2D eigenvalue weighted by molar-refractivity contribution is -0.106. The molecule has 0 saturated heterocycles. The maximum atomic E-state index is 10.0. The van der Waals surface area contributed by atoms with Crippen LogP contribution in [0.3, 0.4) is 0 Å². The van der Waals surface area contributed by atoms with Gasteiger partial charge in [0.2, 0.25) is 0 Å². The lowest BCUT2D eigenvalue weighted by Gasteiger charge is -1.90. The Hall–Kier alpha value is -1.38. The second-order valence-corrected chi connectivity index (χ2v) is 1.40. The summed E-state index contributed by atoms with van der Waals surface area (Å²) in [5.74, 6) is 0.271. The Morgan fingerprint density at radius 2 is 2.56 bits per heavy atom. The average Bonchev–Trinajstić information content (AvgIpc) is 2.13. The van der Waals surface area contributed by atoms with Gasteiger partial charge in [-0.3, -0.25) is 4.79 Å². The molecule has 0 unspecified atom stereocenters. The van der Waals surface area contributed by atoms with Crippen LogP contribution in [0.2, 0.25) is 0 Å². The van der Waals surface area contributed by atoms with E-state index >= 15 is 0 Å². The first kappa shape index (κ1) is 5.75. The Balaban J connectivity index is 2.73. The standard InChI is InChI=1S/C6H5NO2/c8-4-6-2-1-3-7-5-9-6/h1-5H. The summed E-state index contributed by atoms with van der Waals surface area (Å²) in [5, 5.41) is 0. The first-order valence-electron chi connectivity index (χ1n) is 2.44. The summed E-state index contributed by atoms with van der Waals surface area (Å²) in [6.45, 7) is 0. The third-order valence-electron chi connectivity index (χ3n) is 0.798. The molecule has 1 aliphatic rings. The molecule has 46 valence electrons. The number of nitrogens with zero attached hydrogens (tertiary/aromatic N) is 1. The second kappa shape index (κ2) is 2.81. The number of rotatable bonds is 1. The summed E-state index contributed by atoms with van der Waals surface area (Å²) in [6.07, 6.45) is 6.55. The predicted octanol–water partition coefficient (Wildman–Crippen LogP) is 0.641. The SMILES string of the molecule is O=CC1=CC=CN=CO1. The first-order valence-corrected chi connectivity index (χ1v) is 2.44. The van der Waals surface area contributed by atoms with Crippen molar-refractivity contribution in [2.24, 2.45) is 4.99 Å². The van der Waals surface area contributed by atoms with Crippen LogP contribution in [0.25, 0.3) is 0 Å². The summed E-state index contributed by atoms with van der Waals surface area (Å²) in [7, 11) is 0. The maximum Gasteiger partial charge on any atom is 0.185 e. The van der Waals surface area contributed by atoms with Crippen LogP contribution in [-0.4, -0.2) is 12.7 Å². The molecule has 3 heteroatoms. The van der Waals surface area contributed by atoms with Gasteiger partial charge in [-0.25, -0.2) is 4.99 Å². The Kier molecular flexibility index (Phi) is 1.80. The fourth-order valence-corrected chi connectivity index (χ4v) is 0.420. The van der Waals surface area contributed by atoms with E-state index in [0.29, 0.717) is 6.29 Å². The largest absolute Gasteiger partial charge is 0.442 e. The van der Waals surface area contributed by atoms with Gasteiger partial charge in [0.25, 0.3) is 0 Å². The van der Waals surface area contributed by atoms with Crippen LogP contribution in [0.15, 0.2) is 29.1 Å². The van der Waals surface area contributed by atoms with Crippen molar-refractivity contribution in [3.8, 4) is 0 Å². The van der Waals surface area contributed by atoms with Gasteiger partial charge in [-0.05, 0) is 12.2 Å². The van der Waals surface area contributed by atoms with Crippen LogP contribution in [0, 0.1) is 0 Å². The molecular formula is C6H5NO2. The molecule has 0 radical (unpaired) electrons. The fraction of sp³-hybridized carbons (Fsp3) is 0. The number of aldehydes is 1. The quantitative estimate of drug-likeness (QED) is 0.480. The molecule has 1 aliphatic heterocycles. The Morgan fingerprint density at radius 3 is 3.33 bits per heavy atom. The van der Waals surface area contributed by atoms with E-state index in [1.807, 2.05) is 0 Å². The number of hydrogen-bond acceptors (Lipinski definition) is 3. The lowest BCUT2D eigenvalue weighted by Crippen LogP contribution is -1.87. The normalized spacial score (nSPS) is 15.8. The van der Waals surface area contributed by atoms with E-state index in [2.05, 4.69) is 4.99 Å². The fourth-order valence-electron chi connectivity index (χ4n) is 0.420. The molecule has 0 spiro atoms. The number of carbonyl (C=O) groups is 1. The summed E-state index contributed by atoms with van der Waals surface area (Å²) in [5.41, 5.74) is 0. The molecule has 3 nitrogen and oxygen atoms in total. The molecule has 0 N–H and O–H groups in total. The molecule has 0 aromatic carbocycles. The Bertz CT molecular complexity index is 191. The summed E-state index contributed by atoms with van der Waals surface area (Å²) < 4.78 is 4.69. The summed E-state index contributed by atoms with van der Waals surface area (Å²) in [4.78, 5) is 13.7. The number of ether oxygens (including phenoxy) is 1. The van der Waals surface area contributed by atoms with Gasteiger partial charge in [0.15, 0.2) is 18.4 Å². The van der Waals surface area contributed by atoms with Crippen molar-refractivity contribution in [3.05, 3.63) is 24.1 Å². The van der Waals surface area contributed by atoms with Crippen molar-refractivity contribution in [3.63, 3.8) is 0 Å². The smallest absolute Gasteiger partial charge is 0.185 e. The van der Waals surface area contributed by atoms with Crippen LogP contribution >= 0.6 is 0 Å². The zero-order chi connectivity index (χ0) is 6.53. The molecular weight excluding hydrogens is 118 g/mol. The molecule has 0 bridgehead atoms. The van der Waals surface area contributed by atoms with Crippen LogP contribution in [0.4, 0.5) is 0 Å². The van der Waals surface area contributed by atoms with Gasteiger partial charge in [-0.2, -0.15) is 0 Å². The minimum absolute atomic E-state index is 0.271. The summed E-state index contributed by atoms with van der Waals surface area (Å²) >= 11 is 0. The number of hydrogen-bond donors (Lipinski definition) is 0. The predicted molar refractivity (Wildman–Crippen MR) is 32.9 cm³/mol. The van der Waals surface area contributed by atoms with Crippen LogP contribution in [0.1, 0.15) is 0 Å². The number of carbonyl (C=O) groups excluding carboxylic acids is 1. The van der Waals surface area contributed by atoms with E-state index in [4.69, 9.17) is 4.74 Å². The van der Waals surface area contributed by atoms with Gasteiger partial charge in [0.05, 0.1) is 0 Å². The van der Waals surface area contributed by atoms with E-state index < -0.39 is 0 Å². The highest BCUT2D eigenvalue weighted by atomic mass is 16.5. The third kappa shape index (κ3) is 1.53. The molecule has 0 aromatic heterocycles. The van der Waals surface area contributed by atoms with Crippen molar-refractivity contribution < 1.29 is 9.53 Å². The topological polar surface area (TPSA) is 38.7 Å². The zero-order valence-electron chi connectivity index (χ0n) is 4.65. The molecule has 0 saturated carbocycles. The monoisotopic (exact) mass is 123 g/mol. The van der Waals surface area contributed by atoms with E-state index in [-0.39, 0.29) is 5.76 Å². The Labute approximate surface area is 52.3 Å². The molecule has 9 heavy (non-hydrogen) atoms. The molecule has 0 fully saturated rings. The van der Waals surface area contributed by atoms with Gasteiger partial charge in [0.1, 0.15) is 0 Å². The number of aliphatic imine (C=N–C) groups is 1. The molecule has 0 atom stereocenters. The van der Waals surface area contributed by atoms with Crippen molar-refractivity contribution in [2.75, 3.05) is 0 Å². The molecule has 0 aromatic rings. The maximum absolute atomic E-state index is 10.0. The first-order chi connectivity index (χ1) is 4.43. The van der Waals surface area contributed by atoms with Crippen LogP contribution in [0.5, 0.6) is 0 Å². The minimum atomic E-state index is 0.271. The van der Waals surface area contributed by atoms with E-state index in [1.165, 1.54) is 12.6 Å². The van der Waals surface area contributed by atoms with E-state index in [9.17, 15) is 4.79 Å². The summed E-state index contributed by atoms with van der Waals surface area (Å²) in [6, 6.07) is 0. The van der Waals surface area contributed by atoms with Gasteiger partial charge in [-0.1, -0.05) is 0 Å².